The number of nitrogens with one attached hydrogen (secondary N) is 2. The Morgan fingerprint density at radius 3 is 3.00 bits per heavy atom. The van der Waals surface area contributed by atoms with Crippen LogP contribution in [-0.2, 0) is 11.3 Å². The molecule has 1 atom stereocenters. The van der Waals surface area contributed by atoms with Crippen molar-refractivity contribution in [1.29, 1.82) is 0 Å². The summed E-state index contributed by atoms with van der Waals surface area (Å²) in [7, 11) is 0. The minimum absolute atomic E-state index is 0.133. The Hall–Kier alpha value is -1.82. The van der Waals surface area contributed by atoms with Crippen LogP contribution in [0.3, 0.4) is 0 Å². The molecule has 0 saturated carbocycles. The van der Waals surface area contributed by atoms with Crippen LogP contribution in [0.2, 0.25) is 0 Å². The van der Waals surface area contributed by atoms with E-state index in [0.29, 0.717) is 19.1 Å². The van der Waals surface area contributed by atoms with Crippen molar-refractivity contribution in [3.05, 3.63) is 29.6 Å². The van der Waals surface area contributed by atoms with E-state index in [1.165, 1.54) is 6.07 Å². The number of carbonyl (C=O) groups is 1. The highest BCUT2D eigenvalue weighted by Gasteiger charge is 2.23. The molecule has 1 fully saturated rings. The van der Waals surface area contributed by atoms with Crippen LogP contribution >= 0.6 is 0 Å². The zero-order chi connectivity index (χ0) is 14.5. The van der Waals surface area contributed by atoms with Gasteiger partial charge in [-0.25, -0.2) is 9.18 Å². The zero-order valence-corrected chi connectivity index (χ0v) is 11.6. The monoisotopic (exact) mass is 282 g/mol. The second-order valence-electron chi connectivity index (χ2n) is 4.98. The van der Waals surface area contributed by atoms with Gasteiger partial charge < -0.3 is 20.1 Å². The second kappa shape index (κ2) is 6.56. The number of hydrogen-bond acceptors (Lipinski definition) is 4. The third-order valence-corrected chi connectivity index (χ3v) is 2.91. The quantitative estimate of drug-likeness (QED) is 0.835. The summed E-state index contributed by atoms with van der Waals surface area (Å²) in [5, 5.41) is 5.75. The SMILES string of the molecule is CC(C)NCc1cccc(F)c1OCC1CNC(=O)O1. The summed E-state index contributed by atoms with van der Waals surface area (Å²) in [6.07, 6.45) is -0.846. The first-order chi connectivity index (χ1) is 9.56. The lowest BCUT2D eigenvalue weighted by Gasteiger charge is -2.16. The summed E-state index contributed by atoms with van der Waals surface area (Å²) in [6, 6.07) is 5.11. The van der Waals surface area contributed by atoms with E-state index in [1.807, 2.05) is 19.9 Å². The van der Waals surface area contributed by atoms with Crippen LogP contribution in [0.1, 0.15) is 19.4 Å². The Morgan fingerprint density at radius 1 is 1.55 bits per heavy atom. The normalized spacial score (nSPS) is 18.0. The number of halogens is 1. The van der Waals surface area contributed by atoms with E-state index >= 15 is 0 Å². The fraction of sp³-hybridized carbons (Fsp3) is 0.500. The van der Waals surface area contributed by atoms with Crippen molar-refractivity contribution in [1.82, 2.24) is 10.6 Å². The average Bonchev–Trinajstić information content (AvgIpc) is 2.81. The highest BCUT2D eigenvalue weighted by molar-refractivity contribution is 5.69. The number of ether oxygens (including phenoxy) is 2. The average molecular weight is 282 g/mol. The third kappa shape index (κ3) is 3.84. The van der Waals surface area contributed by atoms with Crippen molar-refractivity contribution >= 4 is 6.09 Å². The molecule has 0 bridgehead atoms. The van der Waals surface area contributed by atoms with Gasteiger partial charge in [-0.2, -0.15) is 0 Å². The predicted octanol–water partition coefficient (Wildman–Crippen LogP) is 1.81. The third-order valence-electron chi connectivity index (χ3n) is 2.91. The van der Waals surface area contributed by atoms with Crippen LogP contribution in [0.5, 0.6) is 5.75 Å². The molecule has 1 aliphatic heterocycles. The van der Waals surface area contributed by atoms with Crippen molar-refractivity contribution in [2.24, 2.45) is 0 Å². The summed E-state index contributed by atoms with van der Waals surface area (Å²) in [6.45, 7) is 5.07. The molecule has 1 aromatic rings. The molecule has 5 nitrogen and oxygen atoms in total. The van der Waals surface area contributed by atoms with E-state index in [0.717, 1.165) is 5.56 Å². The molecule has 20 heavy (non-hydrogen) atoms. The van der Waals surface area contributed by atoms with Crippen LogP contribution < -0.4 is 15.4 Å². The standard InChI is InChI=1S/C14H19FN2O3/c1-9(2)16-6-10-4-3-5-12(15)13(10)19-8-11-7-17-14(18)20-11/h3-5,9,11,16H,6-8H2,1-2H3,(H,17,18). The number of hydrogen-bond donors (Lipinski definition) is 2. The van der Waals surface area contributed by atoms with Gasteiger partial charge in [0.25, 0.3) is 0 Å². The number of cyclic esters (lactones) is 1. The Bertz CT molecular complexity index is 479. The second-order valence-corrected chi connectivity index (χ2v) is 4.98. The molecule has 0 spiro atoms. The Balaban J connectivity index is 1.99. The summed E-state index contributed by atoms with van der Waals surface area (Å²) in [5.74, 6) is -0.200. The molecule has 1 heterocycles. The van der Waals surface area contributed by atoms with E-state index in [4.69, 9.17) is 9.47 Å². The predicted molar refractivity (Wildman–Crippen MR) is 72.1 cm³/mol. The van der Waals surface area contributed by atoms with Gasteiger partial charge in [-0.1, -0.05) is 26.0 Å². The van der Waals surface area contributed by atoms with Crippen molar-refractivity contribution in [2.45, 2.75) is 32.5 Å². The minimum Gasteiger partial charge on any atom is -0.486 e. The van der Waals surface area contributed by atoms with E-state index in [2.05, 4.69) is 10.6 Å². The lowest BCUT2D eigenvalue weighted by atomic mass is 10.2. The van der Waals surface area contributed by atoms with Gasteiger partial charge in [0.2, 0.25) is 0 Å². The number of benzene rings is 1. The Labute approximate surface area is 117 Å². The summed E-state index contributed by atoms with van der Waals surface area (Å²) in [4.78, 5) is 10.9. The molecular formula is C14H19FN2O3. The number of amides is 1. The maximum atomic E-state index is 13.8. The smallest absolute Gasteiger partial charge is 0.407 e. The van der Waals surface area contributed by atoms with Crippen LogP contribution in [-0.4, -0.2) is 31.4 Å². The van der Waals surface area contributed by atoms with Crippen molar-refractivity contribution < 1.29 is 18.7 Å². The molecule has 110 valence electrons. The van der Waals surface area contributed by atoms with Gasteiger partial charge in [-0.05, 0) is 6.07 Å². The fourth-order valence-electron chi connectivity index (χ4n) is 1.87. The lowest BCUT2D eigenvalue weighted by molar-refractivity contribution is 0.103. The van der Waals surface area contributed by atoms with Crippen molar-refractivity contribution in [3.63, 3.8) is 0 Å². The van der Waals surface area contributed by atoms with Crippen molar-refractivity contribution in [3.8, 4) is 5.75 Å². The van der Waals surface area contributed by atoms with Crippen molar-refractivity contribution in [2.75, 3.05) is 13.2 Å². The molecule has 2 rings (SSSR count). The largest absolute Gasteiger partial charge is 0.486 e. The van der Waals surface area contributed by atoms with E-state index in [-0.39, 0.29) is 18.5 Å². The first kappa shape index (κ1) is 14.6. The van der Waals surface area contributed by atoms with Crippen LogP contribution in [0, 0.1) is 5.82 Å². The topological polar surface area (TPSA) is 59.6 Å². The highest BCUT2D eigenvalue weighted by atomic mass is 19.1. The molecule has 6 heteroatoms. The van der Waals surface area contributed by atoms with Crippen LogP contribution in [0.4, 0.5) is 9.18 Å². The van der Waals surface area contributed by atoms with Crippen LogP contribution in [0.15, 0.2) is 18.2 Å². The molecule has 0 aromatic heterocycles. The van der Waals surface area contributed by atoms with E-state index in [1.54, 1.807) is 6.07 Å². The molecule has 1 amide bonds. The zero-order valence-electron chi connectivity index (χ0n) is 11.6. The maximum Gasteiger partial charge on any atom is 0.407 e. The molecule has 1 unspecified atom stereocenters. The molecular weight excluding hydrogens is 263 g/mol. The number of para-hydroxylation sites is 1. The van der Waals surface area contributed by atoms with Gasteiger partial charge in [0.15, 0.2) is 17.7 Å². The first-order valence-corrected chi connectivity index (χ1v) is 6.64. The van der Waals surface area contributed by atoms with Gasteiger partial charge >= 0.3 is 6.09 Å². The number of carbonyl (C=O) groups excluding carboxylic acids is 1. The maximum absolute atomic E-state index is 13.8. The molecule has 0 radical (unpaired) electrons. The number of alkyl carbamates (subject to hydrolysis) is 1. The molecule has 1 aromatic carbocycles. The molecule has 1 aliphatic rings. The summed E-state index contributed by atoms with van der Waals surface area (Å²) >= 11 is 0. The van der Waals surface area contributed by atoms with E-state index in [9.17, 15) is 9.18 Å². The summed E-state index contributed by atoms with van der Waals surface area (Å²) < 4.78 is 24.3. The van der Waals surface area contributed by atoms with Gasteiger partial charge in [0, 0.05) is 18.2 Å². The minimum atomic E-state index is -0.464. The lowest BCUT2D eigenvalue weighted by Crippen LogP contribution is -2.24. The van der Waals surface area contributed by atoms with Gasteiger partial charge in [0.1, 0.15) is 6.61 Å². The Morgan fingerprint density at radius 2 is 2.35 bits per heavy atom. The first-order valence-electron chi connectivity index (χ1n) is 6.64. The highest BCUT2D eigenvalue weighted by Crippen LogP contribution is 2.23. The summed E-state index contributed by atoms with van der Waals surface area (Å²) in [5.41, 5.74) is 0.746. The fourth-order valence-corrected chi connectivity index (χ4v) is 1.87. The number of rotatable bonds is 6. The van der Waals surface area contributed by atoms with Gasteiger partial charge in [-0.15, -0.1) is 0 Å². The molecule has 1 saturated heterocycles. The van der Waals surface area contributed by atoms with Crippen LogP contribution in [0.25, 0.3) is 0 Å². The molecule has 0 aliphatic carbocycles. The Kier molecular flexibility index (Phi) is 4.79. The molecule has 2 N–H and O–H groups in total. The van der Waals surface area contributed by atoms with Gasteiger partial charge in [-0.3, -0.25) is 0 Å². The van der Waals surface area contributed by atoms with E-state index < -0.39 is 11.9 Å². The van der Waals surface area contributed by atoms with Gasteiger partial charge in [0.05, 0.1) is 6.54 Å².